The van der Waals surface area contributed by atoms with Gasteiger partial charge in [0, 0.05) is 19.6 Å². The lowest BCUT2D eigenvalue weighted by atomic mass is 10.1. The highest BCUT2D eigenvalue weighted by Crippen LogP contribution is 2.22. The molecule has 116 valence electrons. The number of nitrogens with zero attached hydrogens (tertiary/aromatic N) is 2. The van der Waals surface area contributed by atoms with Crippen molar-refractivity contribution in [3.05, 3.63) is 24.2 Å². The average molecular weight is 292 g/mol. The van der Waals surface area contributed by atoms with Crippen LogP contribution in [-0.4, -0.2) is 47.3 Å². The fourth-order valence-corrected chi connectivity index (χ4v) is 2.79. The van der Waals surface area contributed by atoms with Gasteiger partial charge in [-0.1, -0.05) is 13.3 Å². The molecule has 21 heavy (non-hydrogen) atoms. The Morgan fingerprint density at radius 2 is 2.24 bits per heavy atom. The highest BCUT2D eigenvalue weighted by atomic mass is 16.3. The van der Waals surface area contributed by atoms with Gasteiger partial charge in [-0.05, 0) is 38.3 Å². The van der Waals surface area contributed by atoms with Gasteiger partial charge in [-0.3, -0.25) is 9.59 Å². The molecule has 5 nitrogen and oxygen atoms in total. The van der Waals surface area contributed by atoms with E-state index >= 15 is 0 Å². The summed E-state index contributed by atoms with van der Waals surface area (Å²) in [6.07, 6.45) is 5.16. The van der Waals surface area contributed by atoms with Crippen LogP contribution in [0.1, 0.15) is 50.1 Å². The molecular weight excluding hydrogens is 268 g/mol. The predicted molar refractivity (Wildman–Crippen MR) is 79.9 cm³/mol. The van der Waals surface area contributed by atoms with Gasteiger partial charge >= 0.3 is 0 Å². The van der Waals surface area contributed by atoms with Crippen LogP contribution in [0.4, 0.5) is 0 Å². The molecule has 2 amide bonds. The maximum absolute atomic E-state index is 12.7. The molecule has 1 aromatic heterocycles. The molecule has 2 heterocycles. The van der Waals surface area contributed by atoms with Crippen LogP contribution in [0.5, 0.6) is 0 Å². The van der Waals surface area contributed by atoms with Crippen LogP contribution in [-0.2, 0) is 4.79 Å². The van der Waals surface area contributed by atoms with Gasteiger partial charge in [0.1, 0.15) is 6.04 Å². The summed E-state index contributed by atoms with van der Waals surface area (Å²) in [4.78, 5) is 28.6. The zero-order valence-electron chi connectivity index (χ0n) is 12.9. The molecule has 1 unspecified atom stereocenters. The van der Waals surface area contributed by atoms with E-state index in [1.165, 1.54) is 6.26 Å². The van der Waals surface area contributed by atoms with Crippen molar-refractivity contribution in [1.82, 2.24) is 9.80 Å². The molecule has 1 saturated heterocycles. The molecule has 0 aromatic carbocycles. The minimum Gasteiger partial charge on any atom is -0.459 e. The second-order valence-electron chi connectivity index (χ2n) is 5.41. The van der Waals surface area contributed by atoms with Gasteiger partial charge in [-0.25, -0.2) is 0 Å². The molecule has 1 aliphatic heterocycles. The Morgan fingerprint density at radius 1 is 1.43 bits per heavy atom. The summed E-state index contributed by atoms with van der Waals surface area (Å²) in [5.41, 5.74) is 0. The molecule has 5 heteroatoms. The van der Waals surface area contributed by atoms with Gasteiger partial charge in [-0.15, -0.1) is 0 Å². The quantitative estimate of drug-likeness (QED) is 0.809. The molecule has 0 aliphatic carbocycles. The van der Waals surface area contributed by atoms with E-state index in [1.807, 2.05) is 11.8 Å². The summed E-state index contributed by atoms with van der Waals surface area (Å²) in [5, 5.41) is 0. The number of likely N-dealkylation sites (N-methyl/N-ethyl adjacent to an activating group) is 1. The van der Waals surface area contributed by atoms with E-state index < -0.39 is 0 Å². The number of likely N-dealkylation sites (tertiary alicyclic amines) is 1. The van der Waals surface area contributed by atoms with Gasteiger partial charge in [0.25, 0.3) is 5.91 Å². The Kier molecular flexibility index (Phi) is 5.42. The van der Waals surface area contributed by atoms with Crippen molar-refractivity contribution in [2.24, 2.45) is 0 Å². The first-order valence-corrected chi connectivity index (χ1v) is 7.82. The van der Waals surface area contributed by atoms with Gasteiger partial charge in [0.15, 0.2) is 5.76 Å². The third kappa shape index (κ3) is 3.46. The van der Waals surface area contributed by atoms with Crippen LogP contribution < -0.4 is 0 Å². The Bertz CT molecular complexity index is 470. The average Bonchev–Trinajstić information content (AvgIpc) is 3.18. The number of hydrogen-bond donors (Lipinski definition) is 0. The second kappa shape index (κ2) is 7.29. The number of rotatable bonds is 6. The zero-order valence-corrected chi connectivity index (χ0v) is 12.9. The Balaban J connectivity index is 2.06. The lowest BCUT2D eigenvalue weighted by Crippen LogP contribution is -2.48. The largest absolute Gasteiger partial charge is 0.459 e. The van der Waals surface area contributed by atoms with Crippen LogP contribution in [0.25, 0.3) is 0 Å². The van der Waals surface area contributed by atoms with Gasteiger partial charge in [0.2, 0.25) is 5.91 Å². The van der Waals surface area contributed by atoms with Crippen molar-refractivity contribution < 1.29 is 14.0 Å². The first-order chi connectivity index (χ1) is 10.2. The van der Waals surface area contributed by atoms with E-state index in [-0.39, 0.29) is 17.9 Å². The summed E-state index contributed by atoms with van der Waals surface area (Å²) in [6, 6.07) is 3.01. The molecule has 0 saturated carbocycles. The monoisotopic (exact) mass is 292 g/mol. The standard InChI is InChI=1S/C16H24N2O3/c1-3-5-10-17(4-2)15(19)13-8-6-11-18(13)16(20)14-9-7-12-21-14/h7,9,12-13H,3-6,8,10-11H2,1-2H3. The van der Waals surface area contributed by atoms with E-state index in [9.17, 15) is 9.59 Å². The molecule has 0 N–H and O–H groups in total. The molecule has 1 fully saturated rings. The van der Waals surface area contributed by atoms with Crippen molar-refractivity contribution in [2.45, 2.75) is 45.6 Å². The molecule has 1 atom stereocenters. The van der Waals surface area contributed by atoms with Crippen molar-refractivity contribution in [2.75, 3.05) is 19.6 Å². The number of carbonyl (C=O) groups is 2. The summed E-state index contributed by atoms with van der Waals surface area (Å²) < 4.78 is 5.17. The Hall–Kier alpha value is -1.78. The molecule has 0 radical (unpaired) electrons. The van der Waals surface area contributed by atoms with Crippen molar-refractivity contribution >= 4 is 11.8 Å². The smallest absolute Gasteiger partial charge is 0.290 e. The lowest BCUT2D eigenvalue weighted by molar-refractivity contribution is -0.135. The fraction of sp³-hybridized carbons (Fsp3) is 0.625. The highest BCUT2D eigenvalue weighted by Gasteiger charge is 2.37. The molecular formula is C16H24N2O3. The van der Waals surface area contributed by atoms with Crippen molar-refractivity contribution in [3.63, 3.8) is 0 Å². The summed E-state index contributed by atoms with van der Waals surface area (Å²) in [7, 11) is 0. The summed E-state index contributed by atoms with van der Waals surface area (Å²) in [5.74, 6) is 0.206. The van der Waals surface area contributed by atoms with Crippen LogP contribution in [0.15, 0.2) is 22.8 Å². The minimum atomic E-state index is -0.334. The van der Waals surface area contributed by atoms with Gasteiger partial charge in [-0.2, -0.15) is 0 Å². The number of furan rings is 1. The lowest BCUT2D eigenvalue weighted by Gasteiger charge is -2.29. The first kappa shape index (κ1) is 15.6. The molecule has 0 spiro atoms. The Labute approximate surface area is 125 Å². The zero-order chi connectivity index (χ0) is 15.2. The predicted octanol–water partition coefficient (Wildman–Crippen LogP) is 2.53. The number of amides is 2. The maximum atomic E-state index is 12.7. The molecule has 2 rings (SSSR count). The third-order valence-electron chi connectivity index (χ3n) is 4.01. The van der Waals surface area contributed by atoms with E-state index in [4.69, 9.17) is 4.42 Å². The molecule has 1 aliphatic rings. The number of hydrogen-bond acceptors (Lipinski definition) is 3. The second-order valence-corrected chi connectivity index (χ2v) is 5.41. The minimum absolute atomic E-state index is 0.0726. The highest BCUT2D eigenvalue weighted by molar-refractivity contribution is 5.96. The maximum Gasteiger partial charge on any atom is 0.290 e. The van der Waals surface area contributed by atoms with E-state index in [1.54, 1.807) is 17.0 Å². The van der Waals surface area contributed by atoms with Crippen molar-refractivity contribution in [1.29, 1.82) is 0 Å². The van der Waals surface area contributed by atoms with Crippen molar-refractivity contribution in [3.8, 4) is 0 Å². The SMILES string of the molecule is CCCCN(CC)C(=O)C1CCCN1C(=O)c1ccco1. The summed E-state index contributed by atoms with van der Waals surface area (Å²) >= 11 is 0. The van der Waals surface area contributed by atoms with E-state index in [2.05, 4.69) is 6.92 Å². The Morgan fingerprint density at radius 3 is 2.86 bits per heavy atom. The van der Waals surface area contributed by atoms with Crippen LogP contribution >= 0.6 is 0 Å². The third-order valence-corrected chi connectivity index (χ3v) is 4.01. The first-order valence-electron chi connectivity index (χ1n) is 7.82. The summed E-state index contributed by atoms with van der Waals surface area (Å²) in [6.45, 7) is 6.19. The van der Waals surface area contributed by atoms with E-state index in [0.717, 1.165) is 32.2 Å². The molecule has 0 bridgehead atoms. The molecule has 1 aromatic rings. The van der Waals surface area contributed by atoms with Crippen LogP contribution in [0.2, 0.25) is 0 Å². The number of unbranched alkanes of at least 4 members (excludes halogenated alkanes) is 1. The van der Waals surface area contributed by atoms with E-state index in [0.29, 0.717) is 18.8 Å². The normalized spacial score (nSPS) is 18.0. The van der Waals surface area contributed by atoms with Crippen LogP contribution in [0, 0.1) is 0 Å². The van der Waals surface area contributed by atoms with Gasteiger partial charge < -0.3 is 14.2 Å². The fourth-order valence-electron chi connectivity index (χ4n) is 2.79. The van der Waals surface area contributed by atoms with Gasteiger partial charge in [0.05, 0.1) is 6.26 Å². The van der Waals surface area contributed by atoms with Crippen LogP contribution in [0.3, 0.4) is 0 Å². The topological polar surface area (TPSA) is 53.8 Å². The number of carbonyl (C=O) groups excluding carboxylic acids is 2.